The third kappa shape index (κ3) is 3.78. The van der Waals surface area contributed by atoms with Crippen molar-refractivity contribution in [1.29, 1.82) is 0 Å². The van der Waals surface area contributed by atoms with Crippen molar-refractivity contribution in [1.82, 2.24) is 10.3 Å². The van der Waals surface area contributed by atoms with Crippen molar-refractivity contribution in [2.45, 2.75) is 31.8 Å². The lowest BCUT2D eigenvalue weighted by atomic mass is 10.3. The third-order valence-electron chi connectivity index (χ3n) is 3.05. The number of rotatable bonds is 5. The van der Waals surface area contributed by atoms with Crippen LogP contribution >= 0.6 is 15.9 Å². The predicted octanol–water partition coefficient (Wildman–Crippen LogP) is 2.53. The van der Waals surface area contributed by atoms with E-state index in [2.05, 4.69) is 26.2 Å². The minimum atomic E-state index is -0.120. The topological polar surface area (TPSA) is 51.2 Å². The fraction of sp³-hybridized carbons (Fsp3) is 0.538. The van der Waals surface area contributed by atoms with E-state index in [1.165, 1.54) is 12.8 Å². The highest BCUT2D eigenvalue weighted by Crippen LogP contribution is 2.20. The molecule has 0 radical (unpaired) electrons. The number of hydrogen-bond donors (Lipinski definition) is 1. The molecule has 2 rings (SSSR count). The molecule has 1 heterocycles. The van der Waals surface area contributed by atoms with Crippen LogP contribution in [0.2, 0.25) is 0 Å². The Labute approximate surface area is 115 Å². The van der Waals surface area contributed by atoms with Gasteiger partial charge in [-0.2, -0.15) is 0 Å². The summed E-state index contributed by atoms with van der Waals surface area (Å²) in [4.78, 5) is 15.8. The molecule has 0 aromatic carbocycles. The highest BCUT2D eigenvalue weighted by Gasteiger charge is 2.15. The van der Waals surface area contributed by atoms with Gasteiger partial charge in [-0.25, -0.2) is 4.98 Å². The molecule has 1 N–H and O–H groups in total. The quantitative estimate of drug-likeness (QED) is 0.671. The van der Waals surface area contributed by atoms with Crippen LogP contribution in [0.5, 0.6) is 0 Å². The second kappa shape index (κ2) is 6.85. The molecule has 18 heavy (non-hydrogen) atoms. The standard InChI is InChI=1S/C13H17BrN2O2/c14-12-11(6-3-7-15-12)13(17)16-8-9-18-10-4-1-2-5-10/h3,6-7,10H,1-2,4-5,8-9H2,(H,16,17). The summed E-state index contributed by atoms with van der Waals surface area (Å²) in [6.45, 7) is 1.12. The Balaban J connectivity index is 1.70. The first-order valence-electron chi connectivity index (χ1n) is 6.27. The van der Waals surface area contributed by atoms with E-state index >= 15 is 0 Å². The molecule has 0 spiro atoms. The van der Waals surface area contributed by atoms with Gasteiger partial charge in [0, 0.05) is 12.7 Å². The maximum Gasteiger partial charge on any atom is 0.254 e. The highest BCUT2D eigenvalue weighted by molar-refractivity contribution is 9.10. The van der Waals surface area contributed by atoms with Crippen LogP contribution in [0.3, 0.4) is 0 Å². The van der Waals surface area contributed by atoms with Gasteiger partial charge in [0.05, 0.1) is 18.3 Å². The first-order valence-corrected chi connectivity index (χ1v) is 7.07. The maximum atomic E-state index is 11.8. The van der Waals surface area contributed by atoms with Gasteiger partial charge in [0.15, 0.2) is 0 Å². The molecule has 98 valence electrons. The number of hydrogen-bond acceptors (Lipinski definition) is 3. The summed E-state index contributed by atoms with van der Waals surface area (Å²) in [6.07, 6.45) is 6.88. The molecule has 1 amide bonds. The fourth-order valence-corrected chi connectivity index (χ4v) is 2.53. The molecule has 0 unspecified atom stereocenters. The zero-order valence-corrected chi connectivity index (χ0v) is 11.8. The Bertz CT molecular complexity index is 406. The second-order valence-corrected chi connectivity index (χ2v) is 5.13. The van der Waals surface area contributed by atoms with E-state index in [0.29, 0.717) is 29.4 Å². The molecular formula is C13H17BrN2O2. The summed E-state index contributed by atoms with van der Waals surface area (Å²) in [7, 11) is 0. The normalized spacial score (nSPS) is 15.8. The van der Waals surface area contributed by atoms with Crippen LogP contribution in [-0.4, -0.2) is 30.1 Å². The average molecular weight is 313 g/mol. The number of carbonyl (C=O) groups is 1. The SMILES string of the molecule is O=C(NCCOC1CCCC1)c1cccnc1Br. The van der Waals surface area contributed by atoms with Gasteiger partial charge in [-0.05, 0) is 40.9 Å². The molecule has 0 bridgehead atoms. The minimum absolute atomic E-state index is 0.120. The number of aromatic nitrogens is 1. The largest absolute Gasteiger partial charge is 0.376 e. The molecule has 0 saturated heterocycles. The van der Waals surface area contributed by atoms with Crippen molar-refractivity contribution in [2.24, 2.45) is 0 Å². The van der Waals surface area contributed by atoms with Crippen molar-refractivity contribution < 1.29 is 9.53 Å². The molecule has 1 aromatic rings. The van der Waals surface area contributed by atoms with Gasteiger partial charge >= 0.3 is 0 Å². The lowest BCUT2D eigenvalue weighted by Gasteiger charge is -2.11. The summed E-state index contributed by atoms with van der Waals surface area (Å²) in [5.74, 6) is -0.120. The Morgan fingerprint density at radius 3 is 3.00 bits per heavy atom. The number of nitrogens with zero attached hydrogens (tertiary/aromatic N) is 1. The molecule has 1 aliphatic rings. The fourth-order valence-electron chi connectivity index (χ4n) is 2.10. The van der Waals surface area contributed by atoms with Gasteiger partial charge < -0.3 is 10.1 Å². The van der Waals surface area contributed by atoms with Crippen LogP contribution in [0, 0.1) is 0 Å². The van der Waals surface area contributed by atoms with Crippen molar-refractivity contribution in [3.8, 4) is 0 Å². The van der Waals surface area contributed by atoms with Gasteiger partial charge in [0.2, 0.25) is 0 Å². The Morgan fingerprint density at radius 2 is 2.28 bits per heavy atom. The maximum absolute atomic E-state index is 11.8. The molecule has 5 heteroatoms. The first-order chi connectivity index (χ1) is 8.77. The molecule has 0 atom stereocenters. The van der Waals surface area contributed by atoms with Crippen molar-refractivity contribution in [3.05, 3.63) is 28.5 Å². The Hall–Kier alpha value is -0.940. The molecule has 0 aliphatic heterocycles. The number of halogens is 1. The predicted molar refractivity (Wildman–Crippen MR) is 72.5 cm³/mol. The Morgan fingerprint density at radius 1 is 1.50 bits per heavy atom. The van der Waals surface area contributed by atoms with Crippen molar-refractivity contribution in [3.63, 3.8) is 0 Å². The molecular weight excluding hydrogens is 296 g/mol. The molecule has 1 aromatic heterocycles. The van der Waals surface area contributed by atoms with E-state index < -0.39 is 0 Å². The van der Waals surface area contributed by atoms with Crippen LogP contribution in [-0.2, 0) is 4.74 Å². The zero-order chi connectivity index (χ0) is 12.8. The number of nitrogens with one attached hydrogen (secondary N) is 1. The smallest absolute Gasteiger partial charge is 0.254 e. The summed E-state index contributed by atoms with van der Waals surface area (Å²) in [5, 5.41) is 2.83. The lowest BCUT2D eigenvalue weighted by molar-refractivity contribution is 0.0581. The highest BCUT2D eigenvalue weighted by atomic mass is 79.9. The second-order valence-electron chi connectivity index (χ2n) is 4.37. The number of ether oxygens (including phenoxy) is 1. The monoisotopic (exact) mass is 312 g/mol. The molecule has 1 saturated carbocycles. The van der Waals surface area contributed by atoms with E-state index in [0.717, 1.165) is 12.8 Å². The molecule has 4 nitrogen and oxygen atoms in total. The van der Waals surface area contributed by atoms with Gasteiger partial charge in [0.1, 0.15) is 4.60 Å². The minimum Gasteiger partial charge on any atom is -0.376 e. The van der Waals surface area contributed by atoms with Gasteiger partial charge in [-0.3, -0.25) is 4.79 Å². The van der Waals surface area contributed by atoms with Gasteiger partial charge in [-0.1, -0.05) is 12.8 Å². The Kier molecular flexibility index (Phi) is 5.13. The summed E-state index contributed by atoms with van der Waals surface area (Å²) < 4.78 is 6.25. The zero-order valence-electron chi connectivity index (χ0n) is 10.2. The van der Waals surface area contributed by atoms with Crippen molar-refractivity contribution in [2.75, 3.05) is 13.2 Å². The van der Waals surface area contributed by atoms with E-state index in [1.807, 2.05) is 0 Å². The van der Waals surface area contributed by atoms with E-state index in [1.54, 1.807) is 18.3 Å². The van der Waals surface area contributed by atoms with E-state index in [9.17, 15) is 4.79 Å². The van der Waals surface area contributed by atoms with Crippen LogP contribution in [0.15, 0.2) is 22.9 Å². The van der Waals surface area contributed by atoms with Crippen LogP contribution in [0.1, 0.15) is 36.0 Å². The van der Waals surface area contributed by atoms with Crippen LogP contribution in [0.4, 0.5) is 0 Å². The van der Waals surface area contributed by atoms with E-state index in [4.69, 9.17) is 4.74 Å². The summed E-state index contributed by atoms with van der Waals surface area (Å²) in [6, 6.07) is 3.49. The van der Waals surface area contributed by atoms with Crippen LogP contribution < -0.4 is 5.32 Å². The molecule has 1 fully saturated rings. The lowest BCUT2D eigenvalue weighted by Crippen LogP contribution is -2.28. The summed E-state index contributed by atoms with van der Waals surface area (Å²) >= 11 is 3.26. The summed E-state index contributed by atoms with van der Waals surface area (Å²) in [5.41, 5.74) is 0.554. The number of carbonyl (C=O) groups excluding carboxylic acids is 1. The van der Waals surface area contributed by atoms with Crippen LogP contribution in [0.25, 0.3) is 0 Å². The van der Waals surface area contributed by atoms with Gasteiger partial charge in [-0.15, -0.1) is 0 Å². The van der Waals surface area contributed by atoms with Crippen molar-refractivity contribution >= 4 is 21.8 Å². The first kappa shape index (κ1) is 13.5. The average Bonchev–Trinajstić information content (AvgIpc) is 2.88. The van der Waals surface area contributed by atoms with Gasteiger partial charge in [0.25, 0.3) is 5.91 Å². The molecule has 1 aliphatic carbocycles. The third-order valence-corrected chi connectivity index (χ3v) is 3.68. The van der Waals surface area contributed by atoms with E-state index in [-0.39, 0.29) is 5.91 Å². The number of pyridine rings is 1. The number of amides is 1.